The van der Waals surface area contributed by atoms with Crippen LogP contribution in [0, 0.1) is 0 Å². The predicted molar refractivity (Wildman–Crippen MR) is 65.2 cm³/mol. The molecule has 0 aliphatic carbocycles. The van der Waals surface area contributed by atoms with Crippen LogP contribution in [0.3, 0.4) is 0 Å². The van der Waals surface area contributed by atoms with Gasteiger partial charge in [-0.2, -0.15) is 0 Å². The maximum absolute atomic E-state index is 9.37. The maximum Gasteiger partial charge on any atom is 0.115 e. The minimum atomic E-state index is -0.0745. The zero-order valence-corrected chi connectivity index (χ0v) is 9.01. The number of benzene rings is 2. The zero-order chi connectivity index (χ0) is 11.4. The first-order chi connectivity index (χ1) is 7.75. The van der Waals surface area contributed by atoms with Crippen LogP contribution < -0.4 is 5.73 Å². The van der Waals surface area contributed by atoms with Gasteiger partial charge in [-0.15, -0.1) is 0 Å². The van der Waals surface area contributed by atoms with E-state index < -0.39 is 0 Å². The lowest BCUT2D eigenvalue weighted by molar-refractivity contribution is 0.473. The monoisotopic (exact) mass is 213 g/mol. The molecule has 0 saturated heterocycles. The summed E-state index contributed by atoms with van der Waals surface area (Å²) in [4.78, 5) is 0. The number of phenolic OH excluding ortho intramolecular Hbond substituents is 1. The van der Waals surface area contributed by atoms with Gasteiger partial charge in [0.05, 0.1) is 0 Å². The van der Waals surface area contributed by atoms with Crippen molar-refractivity contribution in [3.8, 4) is 5.75 Å². The quantitative estimate of drug-likeness (QED) is 0.823. The molecule has 2 aromatic rings. The molecule has 1 unspecified atom stereocenters. The van der Waals surface area contributed by atoms with E-state index in [4.69, 9.17) is 5.73 Å². The summed E-state index contributed by atoms with van der Waals surface area (Å²) in [6.45, 7) is 0. The molecule has 0 heterocycles. The van der Waals surface area contributed by atoms with Gasteiger partial charge in [-0.1, -0.05) is 42.5 Å². The molecule has 3 N–H and O–H groups in total. The first kappa shape index (κ1) is 10.7. The van der Waals surface area contributed by atoms with Crippen molar-refractivity contribution in [1.29, 1.82) is 0 Å². The molecule has 1 atom stereocenters. The normalized spacial score (nSPS) is 12.3. The fraction of sp³-hybridized carbons (Fsp3) is 0.143. The van der Waals surface area contributed by atoms with Gasteiger partial charge < -0.3 is 10.8 Å². The molecule has 0 spiro atoms. The van der Waals surface area contributed by atoms with Gasteiger partial charge in [0.15, 0.2) is 0 Å². The Bertz CT molecular complexity index is 453. The molecule has 0 aliphatic heterocycles. The number of rotatable bonds is 3. The van der Waals surface area contributed by atoms with E-state index in [9.17, 15) is 5.11 Å². The van der Waals surface area contributed by atoms with Gasteiger partial charge in [-0.25, -0.2) is 0 Å². The van der Waals surface area contributed by atoms with E-state index in [-0.39, 0.29) is 11.8 Å². The summed E-state index contributed by atoms with van der Waals surface area (Å²) < 4.78 is 0. The summed E-state index contributed by atoms with van der Waals surface area (Å²) in [5, 5.41) is 9.37. The number of hydrogen-bond acceptors (Lipinski definition) is 2. The Morgan fingerprint density at radius 1 is 1.00 bits per heavy atom. The number of nitrogens with two attached hydrogens (primary N) is 1. The van der Waals surface area contributed by atoms with Crippen LogP contribution in [0.15, 0.2) is 54.6 Å². The standard InChI is InChI=1S/C14H15NO/c15-14(9-11-5-2-1-3-6-11)12-7-4-8-13(16)10-12/h1-8,10,14,16H,9,15H2. The SMILES string of the molecule is NC(Cc1ccccc1)c1cccc(O)c1. The van der Waals surface area contributed by atoms with Gasteiger partial charge in [0.1, 0.15) is 5.75 Å². The van der Waals surface area contributed by atoms with Crippen LogP contribution in [0.4, 0.5) is 0 Å². The van der Waals surface area contributed by atoms with E-state index in [0.717, 1.165) is 12.0 Å². The molecule has 0 bridgehead atoms. The topological polar surface area (TPSA) is 46.2 Å². The summed E-state index contributed by atoms with van der Waals surface area (Å²) in [7, 11) is 0. The van der Waals surface area contributed by atoms with Crippen molar-refractivity contribution in [3.63, 3.8) is 0 Å². The third kappa shape index (κ3) is 2.61. The highest BCUT2D eigenvalue weighted by atomic mass is 16.3. The molecule has 0 amide bonds. The van der Waals surface area contributed by atoms with Gasteiger partial charge in [0.25, 0.3) is 0 Å². The lowest BCUT2D eigenvalue weighted by Crippen LogP contribution is -2.13. The van der Waals surface area contributed by atoms with Crippen molar-refractivity contribution in [3.05, 3.63) is 65.7 Å². The second kappa shape index (κ2) is 4.81. The summed E-state index contributed by atoms with van der Waals surface area (Å²) in [5.41, 5.74) is 8.25. The van der Waals surface area contributed by atoms with Gasteiger partial charge in [0.2, 0.25) is 0 Å². The molecule has 0 aliphatic rings. The largest absolute Gasteiger partial charge is 0.508 e. The van der Waals surface area contributed by atoms with Crippen LogP contribution in [-0.4, -0.2) is 5.11 Å². The van der Waals surface area contributed by atoms with E-state index in [1.165, 1.54) is 5.56 Å². The maximum atomic E-state index is 9.37. The first-order valence-electron chi connectivity index (χ1n) is 5.34. The molecule has 0 aromatic heterocycles. The Morgan fingerprint density at radius 2 is 1.75 bits per heavy atom. The van der Waals surface area contributed by atoms with E-state index in [2.05, 4.69) is 12.1 Å². The van der Waals surface area contributed by atoms with Crippen molar-refractivity contribution in [2.24, 2.45) is 5.73 Å². The fourth-order valence-corrected chi connectivity index (χ4v) is 1.74. The van der Waals surface area contributed by atoms with Crippen LogP contribution in [0.25, 0.3) is 0 Å². The second-order valence-corrected chi connectivity index (χ2v) is 3.89. The van der Waals surface area contributed by atoms with Gasteiger partial charge in [-0.3, -0.25) is 0 Å². The molecular weight excluding hydrogens is 198 g/mol. The van der Waals surface area contributed by atoms with Crippen molar-refractivity contribution >= 4 is 0 Å². The van der Waals surface area contributed by atoms with Crippen LogP contribution in [-0.2, 0) is 6.42 Å². The van der Waals surface area contributed by atoms with Crippen LogP contribution >= 0.6 is 0 Å². The van der Waals surface area contributed by atoms with Gasteiger partial charge in [-0.05, 0) is 29.7 Å². The Kier molecular flexibility index (Phi) is 3.22. The summed E-state index contributed by atoms with van der Waals surface area (Å²) >= 11 is 0. The molecular formula is C14H15NO. The third-order valence-electron chi connectivity index (χ3n) is 2.60. The molecule has 2 aromatic carbocycles. The van der Waals surface area contributed by atoms with E-state index in [1.807, 2.05) is 30.3 Å². The lowest BCUT2D eigenvalue weighted by atomic mass is 10.00. The smallest absolute Gasteiger partial charge is 0.115 e. The second-order valence-electron chi connectivity index (χ2n) is 3.89. The van der Waals surface area contributed by atoms with Crippen LogP contribution in [0.1, 0.15) is 17.2 Å². The van der Waals surface area contributed by atoms with Crippen molar-refractivity contribution in [2.45, 2.75) is 12.5 Å². The number of aromatic hydroxyl groups is 1. The highest BCUT2D eigenvalue weighted by molar-refractivity contribution is 5.30. The van der Waals surface area contributed by atoms with Crippen molar-refractivity contribution in [2.75, 3.05) is 0 Å². The first-order valence-corrected chi connectivity index (χ1v) is 5.34. The lowest BCUT2D eigenvalue weighted by Gasteiger charge is -2.12. The van der Waals surface area contributed by atoms with Crippen LogP contribution in [0.2, 0.25) is 0 Å². The molecule has 16 heavy (non-hydrogen) atoms. The minimum Gasteiger partial charge on any atom is -0.508 e. The highest BCUT2D eigenvalue weighted by Crippen LogP contribution is 2.19. The molecule has 2 rings (SSSR count). The van der Waals surface area contributed by atoms with E-state index in [1.54, 1.807) is 12.1 Å². The molecule has 0 saturated carbocycles. The highest BCUT2D eigenvalue weighted by Gasteiger charge is 2.07. The fourth-order valence-electron chi connectivity index (χ4n) is 1.74. The van der Waals surface area contributed by atoms with Crippen molar-refractivity contribution < 1.29 is 5.11 Å². The Morgan fingerprint density at radius 3 is 2.44 bits per heavy atom. The number of phenols is 1. The molecule has 0 fully saturated rings. The summed E-state index contributed by atoms with van der Waals surface area (Å²) in [6.07, 6.45) is 0.782. The van der Waals surface area contributed by atoms with Gasteiger partial charge >= 0.3 is 0 Å². The third-order valence-corrected chi connectivity index (χ3v) is 2.60. The zero-order valence-electron chi connectivity index (χ0n) is 9.01. The van der Waals surface area contributed by atoms with E-state index in [0.29, 0.717) is 0 Å². The number of hydrogen-bond donors (Lipinski definition) is 2. The minimum absolute atomic E-state index is 0.0745. The predicted octanol–water partition coefficient (Wildman–Crippen LogP) is 2.63. The van der Waals surface area contributed by atoms with Gasteiger partial charge in [0, 0.05) is 6.04 Å². The molecule has 2 nitrogen and oxygen atoms in total. The Hall–Kier alpha value is -1.80. The Balaban J connectivity index is 2.12. The van der Waals surface area contributed by atoms with E-state index >= 15 is 0 Å². The molecule has 2 heteroatoms. The average molecular weight is 213 g/mol. The molecule has 0 radical (unpaired) electrons. The molecule has 82 valence electrons. The van der Waals surface area contributed by atoms with Crippen molar-refractivity contribution in [1.82, 2.24) is 0 Å². The summed E-state index contributed by atoms with van der Waals surface area (Å²) in [5.74, 6) is 0.265. The Labute approximate surface area is 95.4 Å². The van der Waals surface area contributed by atoms with Crippen LogP contribution in [0.5, 0.6) is 5.75 Å². The summed E-state index contributed by atoms with van der Waals surface area (Å²) in [6, 6.07) is 17.2. The average Bonchev–Trinajstić information content (AvgIpc) is 2.30.